The summed E-state index contributed by atoms with van der Waals surface area (Å²) in [5, 5.41) is 5.30. The van der Waals surface area contributed by atoms with Crippen LogP contribution in [0.25, 0.3) is 10.9 Å². The normalized spacial score (nSPS) is 19.9. The molecule has 2 N–H and O–H groups in total. The van der Waals surface area contributed by atoms with Crippen LogP contribution in [-0.2, 0) is 9.53 Å². The van der Waals surface area contributed by atoms with Crippen LogP contribution in [0.4, 0.5) is 10.1 Å². The van der Waals surface area contributed by atoms with Crippen molar-refractivity contribution in [2.75, 3.05) is 17.7 Å². The average molecular weight is 404 g/mol. The van der Waals surface area contributed by atoms with Crippen LogP contribution in [0, 0.1) is 5.82 Å². The molecule has 7 heteroatoms. The molecule has 1 saturated carbocycles. The maximum atomic E-state index is 14.1. The lowest BCUT2D eigenvalue weighted by molar-refractivity contribution is -0.143. The molecule has 1 aliphatic heterocycles. The molecule has 1 atom stereocenters. The van der Waals surface area contributed by atoms with E-state index in [0.717, 1.165) is 45.9 Å². The van der Waals surface area contributed by atoms with Crippen molar-refractivity contribution in [3.63, 3.8) is 0 Å². The highest BCUT2D eigenvalue weighted by Crippen LogP contribution is 2.32. The number of hydrogen-bond acceptors (Lipinski definition) is 5. The zero-order chi connectivity index (χ0) is 19.5. The maximum absolute atomic E-state index is 14.1. The summed E-state index contributed by atoms with van der Waals surface area (Å²) in [5.74, 6) is 0.456. The zero-order valence-electron chi connectivity index (χ0n) is 16.1. The third-order valence-corrected chi connectivity index (χ3v) is 6.49. The Balaban J connectivity index is 1.51. The third kappa shape index (κ3) is 4.35. The number of halogens is 1. The number of nitrogens with one attached hydrogen (secondary N) is 2. The molecule has 150 valence electrons. The number of anilines is 1. The second-order valence-corrected chi connectivity index (χ2v) is 8.48. The van der Waals surface area contributed by atoms with Crippen LogP contribution in [0.15, 0.2) is 23.2 Å². The van der Waals surface area contributed by atoms with Crippen molar-refractivity contribution in [3.05, 3.63) is 29.7 Å². The first kappa shape index (κ1) is 19.3. The summed E-state index contributed by atoms with van der Waals surface area (Å²) in [6.07, 6.45) is 5.81. The molecule has 0 saturated heterocycles. The predicted molar refractivity (Wildman–Crippen MR) is 113 cm³/mol. The Morgan fingerprint density at radius 2 is 2.18 bits per heavy atom. The number of H-pyrrole nitrogens is 1. The molecule has 1 aromatic carbocycles. The molecule has 0 amide bonds. The molecule has 1 aliphatic carbocycles. The number of rotatable bonds is 7. The summed E-state index contributed by atoms with van der Waals surface area (Å²) >= 11 is 1.68. The van der Waals surface area contributed by atoms with Gasteiger partial charge >= 0.3 is 5.97 Å². The van der Waals surface area contributed by atoms with Gasteiger partial charge in [0.2, 0.25) is 0 Å². The van der Waals surface area contributed by atoms with E-state index in [9.17, 15) is 9.18 Å². The summed E-state index contributed by atoms with van der Waals surface area (Å²) in [7, 11) is 0. The van der Waals surface area contributed by atoms with E-state index in [1.54, 1.807) is 23.9 Å². The summed E-state index contributed by atoms with van der Waals surface area (Å²) in [5.41, 5.74) is 2.68. The first-order valence-corrected chi connectivity index (χ1v) is 11.1. The number of nitrogens with zero attached hydrogens (tertiary/aromatic N) is 1. The minimum absolute atomic E-state index is 0.114. The van der Waals surface area contributed by atoms with E-state index >= 15 is 0 Å². The van der Waals surface area contributed by atoms with Gasteiger partial charge in [0.1, 0.15) is 10.9 Å². The molecule has 2 aromatic rings. The average Bonchev–Trinajstić information content (AvgIpc) is 3.40. The standard InChI is InChI=1S/C21H26FN3O2S/c1-2-27-19(26)8-7-16-12-28-21(24-16)18-10-13-9-14(22)11-17(20(13)25-18)23-15-5-3-4-6-15/h9-11,15-16,23,25H,2-8,12H2,1H3/t16-/m1/s1. The SMILES string of the molecule is CCOC(=O)CC[C@@H]1CSC(c2cc3cc(F)cc(NC4CCCC4)c3[nH]2)=N1. The van der Waals surface area contributed by atoms with Gasteiger partial charge in [0.15, 0.2) is 0 Å². The maximum Gasteiger partial charge on any atom is 0.305 e. The van der Waals surface area contributed by atoms with Crippen LogP contribution in [0.1, 0.15) is 51.1 Å². The van der Waals surface area contributed by atoms with Crippen LogP contribution in [-0.4, -0.2) is 40.4 Å². The second-order valence-electron chi connectivity index (χ2n) is 7.47. The number of esters is 1. The van der Waals surface area contributed by atoms with E-state index < -0.39 is 0 Å². The fourth-order valence-electron chi connectivity index (χ4n) is 3.95. The molecule has 1 fully saturated rings. The van der Waals surface area contributed by atoms with Gasteiger partial charge in [-0.3, -0.25) is 9.79 Å². The molecule has 1 aromatic heterocycles. The quantitative estimate of drug-likeness (QED) is 0.648. The lowest BCUT2D eigenvalue weighted by Gasteiger charge is -2.14. The van der Waals surface area contributed by atoms with E-state index in [1.807, 2.05) is 13.0 Å². The van der Waals surface area contributed by atoms with Gasteiger partial charge in [-0.15, -0.1) is 11.8 Å². The highest BCUT2D eigenvalue weighted by molar-refractivity contribution is 8.14. The van der Waals surface area contributed by atoms with Crippen molar-refractivity contribution in [2.45, 2.75) is 57.5 Å². The van der Waals surface area contributed by atoms with E-state index in [2.05, 4.69) is 10.3 Å². The highest BCUT2D eigenvalue weighted by atomic mass is 32.2. The number of aromatic nitrogens is 1. The largest absolute Gasteiger partial charge is 0.466 e. The lowest BCUT2D eigenvalue weighted by Crippen LogP contribution is -2.14. The fraction of sp³-hybridized carbons (Fsp3) is 0.524. The van der Waals surface area contributed by atoms with Gasteiger partial charge in [-0.2, -0.15) is 0 Å². The van der Waals surface area contributed by atoms with Crippen molar-refractivity contribution in [3.8, 4) is 0 Å². The Bertz CT molecular complexity index is 889. The van der Waals surface area contributed by atoms with Crippen molar-refractivity contribution in [1.82, 2.24) is 4.98 Å². The van der Waals surface area contributed by atoms with Crippen molar-refractivity contribution >= 4 is 39.4 Å². The molecule has 2 heterocycles. The molecule has 5 nitrogen and oxygen atoms in total. The number of carbonyl (C=O) groups excluding carboxylic acids is 1. The number of ether oxygens (including phenoxy) is 1. The minimum Gasteiger partial charge on any atom is -0.466 e. The monoisotopic (exact) mass is 403 g/mol. The van der Waals surface area contributed by atoms with Gasteiger partial charge in [0.25, 0.3) is 0 Å². The Kier molecular flexibility index (Phi) is 5.90. The van der Waals surface area contributed by atoms with E-state index in [0.29, 0.717) is 25.5 Å². The van der Waals surface area contributed by atoms with Crippen molar-refractivity contribution < 1.29 is 13.9 Å². The Morgan fingerprint density at radius 3 is 2.96 bits per heavy atom. The molecule has 0 bridgehead atoms. The Hall–Kier alpha value is -2.02. The second kappa shape index (κ2) is 8.55. The zero-order valence-corrected chi connectivity index (χ0v) is 16.9. The third-order valence-electron chi connectivity index (χ3n) is 5.34. The van der Waals surface area contributed by atoms with Crippen LogP contribution in [0.3, 0.4) is 0 Å². The number of carbonyl (C=O) groups is 1. The van der Waals surface area contributed by atoms with E-state index in [-0.39, 0.29) is 17.8 Å². The van der Waals surface area contributed by atoms with Gasteiger partial charge in [-0.1, -0.05) is 12.8 Å². The fourth-order valence-corrected chi connectivity index (χ4v) is 5.04. The number of thioether (sulfide) groups is 1. The van der Waals surface area contributed by atoms with Crippen LogP contribution in [0.2, 0.25) is 0 Å². The van der Waals surface area contributed by atoms with Gasteiger partial charge in [-0.05, 0) is 44.4 Å². The van der Waals surface area contributed by atoms with Gasteiger partial charge < -0.3 is 15.0 Å². The number of aliphatic imine (C=N–C) groups is 1. The topological polar surface area (TPSA) is 66.5 Å². The first-order valence-electron chi connectivity index (χ1n) is 10.1. The van der Waals surface area contributed by atoms with Crippen LogP contribution < -0.4 is 5.32 Å². The molecule has 28 heavy (non-hydrogen) atoms. The van der Waals surface area contributed by atoms with E-state index in [1.165, 1.54) is 12.8 Å². The Morgan fingerprint density at radius 1 is 1.36 bits per heavy atom. The molecule has 0 unspecified atom stereocenters. The number of fused-ring (bicyclic) bond motifs is 1. The summed E-state index contributed by atoms with van der Waals surface area (Å²) in [6, 6.07) is 5.64. The number of hydrogen-bond donors (Lipinski definition) is 2. The number of aromatic amines is 1. The molecule has 0 spiro atoms. The van der Waals surface area contributed by atoms with Gasteiger partial charge in [0.05, 0.1) is 29.5 Å². The van der Waals surface area contributed by atoms with Gasteiger partial charge in [-0.25, -0.2) is 4.39 Å². The summed E-state index contributed by atoms with van der Waals surface area (Å²) in [6.45, 7) is 2.23. The minimum atomic E-state index is -0.230. The molecular formula is C21H26FN3O2S. The Labute approximate surface area is 168 Å². The summed E-state index contributed by atoms with van der Waals surface area (Å²) < 4.78 is 19.1. The molecule has 4 rings (SSSR count). The lowest BCUT2D eigenvalue weighted by atomic mass is 10.2. The smallest absolute Gasteiger partial charge is 0.305 e. The molecule has 0 radical (unpaired) electrons. The van der Waals surface area contributed by atoms with Crippen molar-refractivity contribution in [2.24, 2.45) is 4.99 Å². The van der Waals surface area contributed by atoms with Crippen LogP contribution >= 0.6 is 11.8 Å². The molecular weight excluding hydrogens is 377 g/mol. The number of benzene rings is 1. The molecule has 2 aliphatic rings. The predicted octanol–water partition coefficient (Wildman–Crippen LogP) is 4.87. The van der Waals surface area contributed by atoms with E-state index in [4.69, 9.17) is 9.73 Å². The van der Waals surface area contributed by atoms with Crippen molar-refractivity contribution in [1.29, 1.82) is 0 Å². The van der Waals surface area contributed by atoms with Gasteiger partial charge in [0, 0.05) is 23.6 Å². The summed E-state index contributed by atoms with van der Waals surface area (Å²) in [4.78, 5) is 19.8. The highest BCUT2D eigenvalue weighted by Gasteiger charge is 2.23. The first-order chi connectivity index (χ1) is 13.6. The van der Waals surface area contributed by atoms with Crippen LogP contribution in [0.5, 0.6) is 0 Å².